The van der Waals surface area contributed by atoms with Gasteiger partial charge in [-0.05, 0) is 92.7 Å². The molecule has 37 heavy (non-hydrogen) atoms. The van der Waals surface area contributed by atoms with E-state index in [4.69, 9.17) is 0 Å². The van der Waals surface area contributed by atoms with Crippen LogP contribution in [0.1, 0.15) is 17.7 Å². The van der Waals surface area contributed by atoms with Gasteiger partial charge in [0.1, 0.15) is 0 Å². The Kier molecular flexibility index (Phi) is 4.41. The maximum Gasteiger partial charge on any atom is 0.0538 e. The maximum atomic E-state index is 2.46. The quantitative estimate of drug-likeness (QED) is 0.175. The fraction of sp³-hybridized carbons (Fsp3) is 0.0556. The molecule has 1 heteroatoms. The molecule has 7 aromatic rings. The molecule has 0 amide bonds. The second-order valence-corrected chi connectivity index (χ2v) is 10.1. The average molecular weight is 472 g/mol. The van der Waals surface area contributed by atoms with E-state index in [9.17, 15) is 0 Å². The summed E-state index contributed by atoms with van der Waals surface area (Å²) < 4.78 is 2.46. The molecule has 0 radical (unpaired) electrons. The zero-order valence-electron chi connectivity index (χ0n) is 20.5. The van der Waals surface area contributed by atoms with E-state index in [1.807, 2.05) is 0 Å². The largest absolute Gasteiger partial charge is 0.313 e. The molecule has 0 N–H and O–H groups in total. The van der Waals surface area contributed by atoms with Crippen molar-refractivity contribution in [1.82, 2.24) is 4.57 Å². The van der Waals surface area contributed by atoms with Gasteiger partial charge in [0.2, 0.25) is 0 Å². The van der Waals surface area contributed by atoms with Crippen molar-refractivity contribution in [2.45, 2.75) is 12.8 Å². The number of aromatic nitrogens is 1. The van der Waals surface area contributed by atoms with Crippen molar-refractivity contribution < 1.29 is 0 Å². The van der Waals surface area contributed by atoms with Gasteiger partial charge >= 0.3 is 0 Å². The Bertz CT molecular complexity index is 2020. The normalized spacial score (nSPS) is 13.1. The fourth-order valence-corrected chi connectivity index (χ4v) is 6.29. The van der Waals surface area contributed by atoms with Gasteiger partial charge in [-0.25, -0.2) is 0 Å². The van der Waals surface area contributed by atoms with Crippen LogP contribution in [0.4, 0.5) is 0 Å². The number of hydrogen-bond donors (Lipinski definition) is 0. The summed E-state index contributed by atoms with van der Waals surface area (Å²) in [6.45, 7) is 0. The highest BCUT2D eigenvalue weighted by Crippen LogP contribution is 2.39. The molecular formula is C36H25N. The van der Waals surface area contributed by atoms with Gasteiger partial charge in [0.05, 0.1) is 5.52 Å². The van der Waals surface area contributed by atoms with Gasteiger partial charge in [0.25, 0.3) is 0 Å². The van der Waals surface area contributed by atoms with Crippen molar-refractivity contribution in [3.05, 3.63) is 133 Å². The number of hydrogen-bond acceptors (Lipinski definition) is 0. The van der Waals surface area contributed by atoms with E-state index in [-0.39, 0.29) is 0 Å². The summed E-state index contributed by atoms with van der Waals surface area (Å²) in [6, 6.07) is 42.4. The standard InChI is InChI=1S/C36H25N/c1-2-11-28(12-3-1)37-35-16-7-6-14-31(35)34-22-27(19-20-36(34)37)30-15-8-10-25-21-26-18-17-24-9-4-5-13-29(24)33(26)23-32(25)30/h1-6,8-15,17-23H,7,16H2. The van der Waals surface area contributed by atoms with E-state index >= 15 is 0 Å². The molecule has 0 fully saturated rings. The van der Waals surface area contributed by atoms with Crippen LogP contribution >= 0.6 is 0 Å². The van der Waals surface area contributed by atoms with Gasteiger partial charge in [-0.2, -0.15) is 0 Å². The number of allylic oxidation sites excluding steroid dienone is 1. The molecule has 1 nitrogen and oxygen atoms in total. The Morgan fingerprint density at radius 2 is 1.35 bits per heavy atom. The van der Waals surface area contributed by atoms with Crippen molar-refractivity contribution in [1.29, 1.82) is 0 Å². The van der Waals surface area contributed by atoms with E-state index in [1.165, 1.54) is 71.3 Å². The second kappa shape index (κ2) is 7.94. The van der Waals surface area contributed by atoms with E-state index in [1.54, 1.807) is 0 Å². The Morgan fingerprint density at radius 3 is 2.30 bits per heavy atom. The third-order valence-corrected chi connectivity index (χ3v) is 8.01. The van der Waals surface area contributed by atoms with Gasteiger partial charge in [-0.15, -0.1) is 0 Å². The zero-order valence-corrected chi connectivity index (χ0v) is 20.5. The number of fused-ring (bicyclic) bond motifs is 7. The van der Waals surface area contributed by atoms with Gasteiger partial charge in [-0.3, -0.25) is 0 Å². The Balaban J connectivity index is 1.40. The van der Waals surface area contributed by atoms with Crippen molar-refractivity contribution in [3.8, 4) is 16.8 Å². The first-order valence-corrected chi connectivity index (χ1v) is 13.1. The smallest absolute Gasteiger partial charge is 0.0538 e. The van der Waals surface area contributed by atoms with Crippen molar-refractivity contribution in [2.24, 2.45) is 0 Å². The monoisotopic (exact) mass is 471 g/mol. The summed E-state index contributed by atoms with van der Waals surface area (Å²) in [5.74, 6) is 0. The number of benzene rings is 6. The van der Waals surface area contributed by atoms with E-state index in [2.05, 4.69) is 132 Å². The Morgan fingerprint density at radius 1 is 0.541 bits per heavy atom. The molecule has 1 aliphatic carbocycles. The Labute approximate surface area is 215 Å². The maximum absolute atomic E-state index is 2.46. The lowest BCUT2D eigenvalue weighted by molar-refractivity contribution is 0.888. The van der Waals surface area contributed by atoms with Crippen LogP contribution in [-0.2, 0) is 6.42 Å². The number of para-hydroxylation sites is 1. The van der Waals surface area contributed by atoms with Crippen molar-refractivity contribution in [3.63, 3.8) is 0 Å². The van der Waals surface area contributed by atoms with Gasteiger partial charge in [0, 0.05) is 22.3 Å². The minimum atomic E-state index is 1.07. The molecule has 0 aliphatic heterocycles. The highest BCUT2D eigenvalue weighted by Gasteiger charge is 2.19. The molecule has 0 spiro atoms. The highest BCUT2D eigenvalue weighted by molar-refractivity contribution is 6.14. The summed E-state index contributed by atoms with van der Waals surface area (Å²) >= 11 is 0. The zero-order chi connectivity index (χ0) is 24.3. The van der Waals surface area contributed by atoms with Crippen LogP contribution in [0.2, 0.25) is 0 Å². The van der Waals surface area contributed by atoms with Crippen LogP contribution in [-0.4, -0.2) is 4.57 Å². The minimum Gasteiger partial charge on any atom is -0.313 e. The van der Waals surface area contributed by atoms with Crippen LogP contribution in [0.15, 0.2) is 121 Å². The molecule has 0 unspecified atom stereocenters. The first-order valence-electron chi connectivity index (χ1n) is 13.1. The second-order valence-electron chi connectivity index (χ2n) is 10.1. The molecule has 0 saturated heterocycles. The molecule has 0 bridgehead atoms. The molecule has 0 atom stereocenters. The van der Waals surface area contributed by atoms with Crippen LogP contribution < -0.4 is 0 Å². The lowest BCUT2D eigenvalue weighted by Crippen LogP contribution is -2.02. The van der Waals surface area contributed by atoms with Gasteiger partial charge < -0.3 is 4.57 Å². The average Bonchev–Trinajstić information content (AvgIpc) is 3.30. The van der Waals surface area contributed by atoms with E-state index < -0.39 is 0 Å². The van der Waals surface area contributed by atoms with Gasteiger partial charge in [-0.1, -0.05) is 91.0 Å². The SMILES string of the molecule is C1=Cc2c(n(-c3ccccc3)c3ccc(-c4cccc5cc6ccc7ccccc7c6cc45)cc23)CC1. The summed E-state index contributed by atoms with van der Waals surface area (Å²) in [4.78, 5) is 0. The summed E-state index contributed by atoms with van der Waals surface area (Å²) in [7, 11) is 0. The molecule has 1 aromatic heterocycles. The predicted octanol–water partition coefficient (Wildman–Crippen LogP) is 9.72. The molecule has 6 aromatic carbocycles. The summed E-state index contributed by atoms with van der Waals surface area (Å²) in [5.41, 5.74) is 7.85. The fourth-order valence-electron chi connectivity index (χ4n) is 6.29. The molecule has 174 valence electrons. The predicted molar refractivity (Wildman–Crippen MR) is 159 cm³/mol. The molecular weight excluding hydrogens is 446 g/mol. The Hall–Kier alpha value is -4.62. The van der Waals surface area contributed by atoms with Crippen LogP contribution in [0, 0.1) is 0 Å². The molecule has 1 heterocycles. The molecule has 1 aliphatic rings. The minimum absolute atomic E-state index is 1.07. The van der Waals surface area contributed by atoms with Crippen LogP contribution in [0.25, 0.3) is 66.1 Å². The first kappa shape index (κ1) is 20.6. The topological polar surface area (TPSA) is 4.93 Å². The number of nitrogens with zero attached hydrogens (tertiary/aromatic N) is 1. The molecule has 0 saturated carbocycles. The van der Waals surface area contributed by atoms with E-state index in [0.29, 0.717) is 0 Å². The third kappa shape index (κ3) is 3.11. The van der Waals surface area contributed by atoms with E-state index in [0.717, 1.165) is 12.8 Å². The molecule has 8 rings (SSSR count). The van der Waals surface area contributed by atoms with Crippen molar-refractivity contribution >= 4 is 49.3 Å². The first-order chi connectivity index (χ1) is 18.3. The van der Waals surface area contributed by atoms with Gasteiger partial charge in [0.15, 0.2) is 0 Å². The van der Waals surface area contributed by atoms with Crippen molar-refractivity contribution in [2.75, 3.05) is 0 Å². The van der Waals surface area contributed by atoms with Crippen LogP contribution in [0.5, 0.6) is 0 Å². The summed E-state index contributed by atoms with van der Waals surface area (Å²) in [5, 5.41) is 9.12. The number of rotatable bonds is 2. The third-order valence-electron chi connectivity index (χ3n) is 8.01. The summed E-state index contributed by atoms with van der Waals surface area (Å²) in [6.07, 6.45) is 6.80. The lowest BCUT2D eigenvalue weighted by Gasteiger charge is -2.13. The lowest BCUT2D eigenvalue weighted by atomic mass is 9.92. The van der Waals surface area contributed by atoms with Crippen LogP contribution in [0.3, 0.4) is 0 Å². The highest BCUT2D eigenvalue weighted by atomic mass is 15.0.